The number of nitrogens with zero attached hydrogens (tertiary/aromatic N) is 2. The monoisotopic (exact) mass is 213 g/mol. The Labute approximate surface area is 94.8 Å². The van der Waals surface area contributed by atoms with Crippen molar-refractivity contribution in [2.45, 2.75) is 26.3 Å². The maximum atomic E-state index is 3.50. The molecule has 1 heterocycles. The molecule has 3 nitrogen and oxygen atoms in total. The fourth-order valence-corrected chi connectivity index (χ4v) is 2.53. The molecule has 1 N–H and O–H groups in total. The summed E-state index contributed by atoms with van der Waals surface area (Å²) in [5, 5.41) is 3.50. The van der Waals surface area contributed by atoms with Gasteiger partial charge in [0.25, 0.3) is 0 Å². The molecule has 0 spiro atoms. The minimum absolute atomic E-state index is 0.708. The summed E-state index contributed by atoms with van der Waals surface area (Å²) in [6.45, 7) is 10.5. The second kappa shape index (κ2) is 6.46. The van der Waals surface area contributed by atoms with Crippen LogP contribution in [0.25, 0.3) is 0 Å². The fraction of sp³-hybridized carbons (Fsp3) is 1.00. The van der Waals surface area contributed by atoms with Gasteiger partial charge in [0.05, 0.1) is 0 Å². The quantitative estimate of drug-likeness (QED) is 0.731. The van der Waals surface area contributed by atoms with E-state index in [0.717, 1.165) is 12.5 Å². The predicted octanol–water partition coefficient (Wildman–Crippen LogP) is 0.868. The second-order valence-electron chi connectivity index (χ2n) is 4.77. The first-order chi connectivity index (χ1) is 7.19. The van der Waals surface area contributed by atoms with Crippen LogP contribution < -0.4 is 5.32 Å². The van der Waals surface area contributed by atoms with Crippen molar-refractivity contribution >= 4 is 0 Å². The molecule has 15 heavy (non-hydrogen) atoms. The van der Waals surface area contributed by atoms with Gasteiger partial charge in [-0.2, -0.15) is 0 Å². The van der Waals surface area contributed by atoms with E-state index in [1.54, 1.807) is 0 Å². The van der Waals surface area contributed by atoms with Crippen molar-refractivity contribution in [1.82, 2.24) is 15.1 Å². The molecule has 0 aromatic heterocycles. The Kier molecular flexibility index (Phi) is 5.58. The molecule has 0 aromatic rings. The molecular formula is C12H27N3. The maximum Gasteiger partial charge on any atom is 0.0255 e. The van der Waals surface area contributed by atoms with Crippen molar-refractivity contribution < 1.29 is 0 Å². The molecule has 0 saturated carbocycles. The number of nitrogens with one attached hydrogen (secondary N) is 1. The molecule has 1 aliphatic heterocycles. The van der Waals surface area contributed by atoms with Crippen molar-refractivity contribution in [3.63, 3.8) is 0 Å². The fourth-order valence-electron chi connectivity index (χ4n) is 2.53. The van der Waals surface area contributed by atoms with Gasteiger partial charge in [-0.25, -0.2) is 0 Å². The number of likely N-dealkylation sites (N-methyl/N-ethyl adjacent to an activating group) is 1. The average molecular weight is 213 g/mol. The standard InChI is InChI=1S/C12H27N3/c1-5-15(6-2)10-11-7-8-13-9-12(11)14(3)4/h11-13H,5-10H2,1-4H3. The van der Waals surface area contributed by atoms with Gasteiger partial charge in [-0.3, -0.25) is 0 Å². The summed E-state index contributed by atoms with van der Waals surface area (Å²) >= 11 is 0. The van der Waals surface area contributed by atoms with Crippen LogP contribution in [-0.4, -0.2) is 62.7 Å². The van der Waals surface area contributed by atoms with E-state index >= 15 is 0 Å². The van der Waals surface area contributed by atoms with Crippen LogP contribution >= 0.6 is 0 Å². The maximum absolute atomic E-state index is 3.50. The number of hydrogen-bond acceptors (Lipinski definition) is 3. The molecule has 0 amide bonds. The number of rotatable bonds is 5. The molecule has 1 fully saturated rings. The van der Waals surface area contributed by atoms with Crippen LogP contribution in [0.5, 0.6) is 0 Å². The minimum Gasteiger partial charge on any atom is -0.315 e. The van der Waals surface area contributed by atoms with Crippen LogP contribution in [-0.2, 0) is 0 Å². The predicted molar refractivity (Wildman–Crippen MR) is 66.2 cm³/mol. The van der Waals surface area contributed by atoms with Crippen molar-refractivity contribution in [3.05, 3.63) is 0 Å². The third-order valence-corrected chi connectivity index (χ3v) is 3.64. The Bertz CT molecular complexity index is 166. The molecule has 0 bridgehead atoms. The van der Waals surface area contributed by atoms with Crippen molar-refractivity contribution in [2.24, 2.45) is 5.92 Å². The van der Waals surface area contributed by atoms with Gasteiger partial charge in [0.15, 0.2) is 0 Å². The summed E-state index contributed by atoms with van der Waals surface area (Å²) in [6, 6.07) is 0.708. The number of piperidine rings is 1. The van der Waals surface area contributed by atoms with E-state index < -0.39 is 0 Å². The molecule has 0 radical (unpaired) electrons. The van der Waals surface area contributed by atoms with Crippen LogP contribution in [0.3, 0.4) is 0 Å². The van der Waals surface area contributed by atoms with Gasteiger partial charge in [0.1, 0.15) is 0 Å². The SMILES string of the molecule is CCN(CC)CC1CCNCC1N(C)C. The molecule has 1 rings (SSSR count). The Morgan fingerprint density at radius 1 is 1.20 bits per heavy atom. The van der Waals surface area contributed by atoms with Gasteiger partial charge in [0, 0.05) is 19.1 Å². The summed E-state index contributed by atoms with van der Waals surface area (Å²) in [5.74, 6) is 0.834. The van der Waals surface area contributed by atoms with E-state index in [4.69, 9.17) is 0 Å². The van der Waals surface area contributed by atoms with Crippen molar-refractivity contribution in [2.75, 3.05) is 46.8 Å². The normalized spacial score (nSPS) is 27.6. The summed E-state index contributed by atoms with van der Waals surface area (Å²) in [7, 11) is 4.40. The van der Waals surface area contributed by atoms with Gasteiger partial charge >= 0.3 is 0 Å². The van der Waals surface area contributed by atoms with Gasteiger partial charge in [-0.1, -0.05) is 13.8 Å². The lowest BCUT2D eigenvalue weighted by molar-refractivity contribution is 0.126. The van der Waals surface area contributed by atoms with Gasteiger partial charge < -0.3 is 15.1 Å². The average Bonchev–Trinajstić information content (AvgIpc) is 2.26. The highest BCUT2D eigenvalue weighted by Crippen LogP contribution is 2.17. The summed E-state index contributed by atoms with van der Waals surface area (Å²) < 4.78 is 0. The molecule has 0 aliphatic carbocycles. The zero-order valence-electron chi connectivity index (χ0n) is 10.8. The second-order valence-corrected chi connectivity index (χ2v) is 4.77. The smallest absolute Gasteiger partial charge is 0.0255 e. The molecule has 2 unspecified atom stereocenters. The molecule has 90 valence electrons. The highest BCUT2D eigenvalue weighted by Gasteiger charge is 2.27. The molecule has 2 atom stereocenters. The van der Waals surface area contributed by atoms with Crippen LogP contribution in [0.15, 0.2) is 0 Å². The van der Waals surface area contributed by atoms with Gasteiger partial charge in [-0.15, -0.1) is 0 Å². The number of hydrogen-bond donors (Lipinski definition) is 1. The first-order valence-corrected chi connectivity index (χ1v) is 6.28. The molecular weight excluding hydrogens is 186 g/mol. The first kappa shape index (κ1) is 12.9. The lowest BCUT2D eigenvalue weighted by atomic mass is 9.91. The zero-order chi connectivity index (χ0) is 11.3. The van der Waals surface area contributed by atoms with Gasteiger partial charge in [0.2, 0.25) is 0 Å². The highest BCUT2D eigenvalue weighted by atomic mass is 15.2. The van der Waals surface area contributed by atoms with Gasteiger partial charge in [-0.05, 0) is 46.1 Å². The van der Waals surface area contributed by atoms with Crippen LogP contribution in [0.1, 0.15) is 20.3 Å². The van der Waals surface area contributed by atoms with Crippen LogP contribution in [0.2, 0.25) is 0 Å². The topological polar surface area (TPSA) is 18.5 Å². The Morgan fingerprint density at radius 3 is 2.40 bits per heavy atom. The largest absolute Gasteiger partial charge is 0.315 e. The van der Waals surface area contributed by atoms with Crippen LogP contribution in [0.4, 0.5) is 0 Å². The Morgan fingerprint density at radius 2 is 1.87 bits per heavy atom. The highest BCUT2D eigenvalue weighted by molar-refractivity contribution is 4.85. The zero-order valence-corrected chi connectivity index (χ0v) is 10.8. The van der Waals surface area contributed by atoms with Crippen molar-refractivity contribution in [1.29, 1.82) is 0 Å². The van der Waals surface area contributed by atoms with E-state index in [1.165, 1.54) is 32.6 Å². The van der Waals surface area contributed by atoms with E-state index in [0.29, 0.717) is 6.04 Å². The molecule has 1 aliphatic rings. The van der Waals surface area contributed by atoms with E-state index in [-0.39, 0.29) is 0 Å². The van der Waals surface area contributed by atoms with Crippen molar-refractivity contribution in [3.8, 4) is 0 Å². The van der Waals surface area contributed by atoms with E-state index in [2.05, 4.69) is 43.1 Å². The Hall–Kier alpha value is -0.120. The van der Waals surface area contributed by atoms with E-state index in [1.807, 2.05) is 0 Å². The lowest BCUT2D eigenvalue weighted by Crippen LogP contribution is -2.51. The first-order valence-electron chi connectivity index (χ1n) is 6.28. The Balaban J connectivity index is 2.48. The summed E-state index contributed by atoms with van der Waals surface area (Å²) in [5.41, 5.74) is 0. The molecule has 3 heteroatoms. The molecule has 1 saturated heterocycles. The lowest BCUT2D eigenvalue weighted by Gasteiger charge is -2.39. The minimum atomic E-state index is 0.708. The summed E-state index contributed by atoms with van der Waals surface area (Å²) in [4.78, 5) is 4.92. The van der Waals surface area contributed by atoms with Crippen LogP contribution in [0, 0.1) is 5.92 Å². The third kappa shape index (κ3) is 3.74. The molecule has 0 aromatic carbocycles. The summed E-state index contributed by atoms with van der Waals surface area (Å²) in [6.07, 6.45) is 1.32. The third-order valence-electron chi connectivity index (χ3n) is 3.64. The van der Waals surface area contributed by atoms with E-state index in [9.17, 15) is 0 Å².